The molecule has 2 amide bonds. The molecular weight excluding hydrogens is 458 g/mol. The highest BCUT2D eigenvalue weighted by molar-refractivity contribution is 7.89. The Morgan fingerprint density at radius 1 is 1.18 bits per heavy atom. The van der Waals surface area contributed by atoms with Crippen molar-refractivity contribution in [3.05, 3.63) is 45.8 Å². The van der Waals surface area contributed by atoms with Crippen LogP contribution in [0.5, 0.6) is 0 Å². The summed E-state index contributed by atoms with van der Waals surface area (Å²) >= 11 is 1.41. The van der Waals surface area contributed by atoms with Gasteiger partial charge < -0.3 is 11.1 Å². The number of nitrogens with one attached hydrogen (secondary N) is 1. The number of sulfonamides is 1. The summed E-state index contributed by atoms with van der Waals surface area (Å²) in [7, 11) is -3.61. The van der Waals surface area contributed by atoms with Crippen LogP contribution in [0, 0.1) is 5.92 Å². The maximum absolute atomic E-state index is 13.2. The maximum atomic E-state index is 13.2. The second kappa shape index (κ2) is 9.56. The number of hydrogen-bond donors (Lipinski definition) is 2. The maximum Gasteiger partial charge on any atom is 0.256 e. The van der Waals surface area contributed by atoms with Crippen LogP contribution in [-0.4, -0.2) is 37.1 Å². The number of hydrogen-bond acceptors (Lipinski definition) is 5. The number of amides is 2. The van der Waals surface area contributed by atoms with E-state index in [9.17, 15) is 18.0 Å². The van der Waals surface area contributed by atoms with Crippen molar-refractivity contribution >= 4 is 38.2 Å². The van der Waals surface area contributed by atoms with Gasteiger partial charge in [-0.3, -0.25) is 9.59 Å². The van der Waals surface area contributed by atoms with Gasteiger partial charge in [-0.25, -0.2) is 8.42 Å². The van der Waals surface area contributed by atoms with Crippen molar-refractivity contribution in [2.75, 3.05) is 11.9 Å². The number of nitrogens with two attached hydrogens (primary N) is 1. The van der Waals surface area contributed by atoms with E-state index in [0.29, 0.717) is 28.6 Å². The van der Waals surface area contributed by atoms with Gasteiger partial charge in [0.1, 0.15) is 5.00 Å². The van der Waals surface area contributed by atoms with E-state index in [-0.39, 0.29) is 10.9 Å². The number of anilines is 1. The number of nitrogens with zero attached hydrogens (tertiary/aromatic N) is 1. The molecule has 9 heteroatoms. The molecule has 1 aliphatic heterocycles. The Kier molecular flexibility index (Phi) is 6.93. The van der Waals surface area contributed by atoms with Gasteiger partial charge in [-0.2, -0.15) is 4.31 Å². The SMILES string of the molecule is CCC1CCCCN1S(=O)(=O)c1ccc(C(=O)Nc2sc3c(c2C(N)=O)CCC(C)C3)cc1. The van der Waals surface area contributed by atoms with Crippen molar-refractivity contribution in [3.63, 3.8) is 0 Å². The van der Waals surface area contributed by atoms with Gasteiger partial charge >= 0.3 is 0 Å². The Morgan fingerprint density at radius 3 is 2.58 bits per heavy atom. The molecule has 1 aromatic carbocycles. The summed E-state index contributed by atoms with van der Waals surface area (Å²) in [4.78, 5) is 26.3. The third-order valence-corrected chi connectivity index (χ3v) is 9.89. The molecule has 178 valence electrons. The van der Waals surface area contributed by atoms with Crippen molar-refractivity contribution in [1.82, 2.24) is 4.31 Å². The molecule has 0 spiro atoms. The monoisotopic (exact) mass is 489 g/mol. The molecule has 2 aliphatic rings. The zero-order chi connectivity index (χ0) is 23.8. The molecule has 1 aliphatic carbocycles. The van der Waals surface area contributed by atoms with Crippen molar-refractivity contribution < 1.29 is 18.0 Å². The standard InChI is InChI=1S/C24H31N3O4S2/c1-3-17-6-4-5-13-27(17)33(30,31)18-10-8-16(9-11-18)23(29)26-24-21(22(25)28)19-12-7-15(2)14-20(19)32-24/h8-11,15,17H,3-7,12-14H2,1-2H3,(H2,25,28)(H,26,29). The molecule has 0 radical (unpaired) electrons. The van der Waals surface area contributed by atoms with Crippen molar-refractivity contribution in [2.45, 2.75) is 69.7 Å². The average molecular weight is 490 g/mol. The Balaban J connectivity index is 1.54. The van der Waals surface area contributed by atoms with Gasteiger partial charge in [0.15, 0.2) is 0 Å². The highest BCUT2D eigenvalue weighted by Gasteiger charge is 2.32. The minimum Gasteiger partial charge on any atom is -0.365 e. The fourth-order valence-corrected chi connectivity index (χ4v) is 8.07. The second-order valence-corrected chi connectivity index (χ2v) is 12.1. The molecule has 0 saturated carbocycles. The van der Waals surface area contributed by atoms with Crippen LogP contribution < -0.4 is 11.1 Å². The number of piperidine rings is 1. The van der Waals surface area contributed by atoms with E-state index in [2.05, 4.69) is 12.2 Å². The third kappa shape index (κ3) is 4.72. The van der Waals surface area contributed by atoms with E-state index < -0.39 is 21.8 Å². The molecule has 1 saturated heterocycles. The van der Waals surface area contributed by atoms with Gasteiger partial charge in [-0.15, -0.1) is 11.3 Å². The van der Waals surface area contributed by atoms with E-state index in [1.54, 1.807) is 4.31 Å². The summed E-state index contributed by atoms with van der Waals surface area (Å²) in [6, 6.07) is 6.04. The zero-order valence-corrected chi connectivity index (χ0v) is 20.7. The summed E-state index contributed by atoms with van der Waals surface area (Å²) in [6.07, 6.45) is 6.21. The third-order valence-electron chi connectivity index (χ3n) is 6.75. The largest absolute Gasteiger partial charge is 0.365 e. The minimum atomic E-state index is -3.61. The lowest BCUT2D eigenvalue weighted by Crippen LogP contribution is -2.43. The first-order valence-corrected chi connectivity index (χ1v) is 13.9. The highest BCUT2D eigenvalue weighted by Crippen LogP contribution is 2.39. The van der Waals surface area contributed by atoms with E-state index in [1.165, 1.54) is 35.6 Å². The predicted octanol–water partition coefficient (Wildman–Crippen LogP) is 4.18. The molecular formula is C24H31N3O4S2. The van der Waals surface area contributed by atoms with Gasteiger partial charge in [0, 0.05) is 23.0 Å². The smallest absolute Gasteiger partial charge is 0.256 e. The van der Waals surface area contributed by atoms with Crippen molar-refractivity contribution in [2.24, 2.45) is 11.7 Å². The quantitative estimate of drug-likeness (QED) is 0.634. The summed E-state index contributed by atoms with van der Waals surface area (Å²) in [5.41, 5.74) is 7.33. The molecule has 0 bridgehead atoms. The molecule has 7 nitrogen and oxygen atoms in total. The molecule has 1 aromatic heterocycles. The van der Waals surface area contributed by atoms with Gasteiger partial charge in [0.05, 0.1) is 10.5 Å². The first-order valence-electron chi connectivity index (χ1n) is 11.6. The number of carbonyl (C=O) groups is 2. The van der Waals surface area contributed by atoms with E-state index in [1.807, 2.05) is 6.92 Å². The molecule has 2 atom stereocenters. The van der Waals surface area contributed by atoms with Crippen molar-refractivity contribution in [3.8, 4) is 0 Å². The number of fused-ring (bicyclic) bond motifs is 1. The molecule has 2 unspecified atom stereocenters. The first-order chi connectivity index (χ1) is 15.7. The lowest BCUT2D eigenvalue weighted by atomic mass is 9.88. The Morgan fingerprint density at radius 2 is 1.91 bits per heavy atom. The normalized spacial score (nSPS) is 21.4. The van der Waals surface area contributed by atoms with Crippen LogP contribution in [0.2, 0.25) is 0 Å². The summed E-state index contributed by atoms with van der Waals surface area (Å²) in [6.45, 7) is 4.71. The van der Waals surface area contributed by atoms with Gasteiger partial charge in [-0.05, 0) is 74.3 Å². The van der Waals surface area contributed by atoms with Crippen LogP contribution in [0.4, 0.5) is 5.00 Å². The molecule has 1 fully saturated rings. The Labute approximate surface area is 199 Å². The lowest BCUT2D eigenvalue weighted by Gasteiger charge is -2.34. The van der Waals surface area contributed by atoms with Crippen molar-refractivity contribution in [1.29, 1.82) is 0 Å². The van der Waals surface area contributed by atoms with Crippen LogP contribution >= 0.6 is 11.3 Å². The average Bonchev–Trinajstić information content (AvgIpc) is 3.16. The molecule has 3 N–H and O–H groups in total. The summed E-state index contributed by atoms with van der Waals surface area (Å²) in [5.74, 6) is -0.398. The molecule has 2 heterocycles. The zero-order valence-electron chi connectivity index (χ0n) is 19.1. The van der Waals surface area contributed by atoms with Crippen LogP contribution in [0.3, 0.4) is 0 Å². The number of carbonyl (C=O) groups excluding carboxylic acids is 2. The predicted molar refractivity (Wildman–Crippen MR) is 130 cm³/mol. The van der Waals surface area contributed by atoms with Gasteiger partial charge in [0.25, 0.3) is 11.8 Å². The second-order valence-electron chi connectivity index (χ2n) is 9.07. The number of primary amides is 1. The Hall–Kier alpha value is -2.23. The van der Waals surface area contributed by atoms with Gasteiger partial charge in [-0.1, -0.05) is 20.3 Å². The molecule has 33 heavy (non-hydrogen) atoms. The van der Waals surface area contributed by atoms with E-state index in [0.717, 1.165) is 55.4 Å². The van der Waals surface area contributed by atoms with E-state index in [4.69, 9.17) is 5.73 Å². The van der Waals surface area contributed by atoms with Crippen LogP contribution in [0.15, 0.2) is 29.2 Å². The van der Waals surface area contributed by atoms with Crippen LogP contribution in [0.25, 0.3) is 0 Å². The van der Waals surface area contributed by atoms with Crippen LogP contribution in [0.1, 0.15) is 77.1 Å². The lowest BCUT2D eigenvalue weighted by molar-refractivity contribution is 0.1000. The minimum absolute atomic E-state index is 0.0199. The Bertz CT molecular complexity index is 1160. The summed E-state index contributed by atoms with van der Waals surface area (Å²) in [5, 5.41) is 3.31. The molecule has 2 aromatic rings. The number of rotatable bonds is 6. The highest BCUT2D eigenvalue weighted by atomic mass is 32.2. The summed E-state index contributed by atoms with van der Waals surface area (Å²) < 4.78 is 27.9. The first kappa shape index (κ1) is 23.9. The van der Waals surface area contributed by atoms with Crippen LogP contribution in [-0.2, 0) is 22.9 Å². The number of benzene rings is 1. The number of thiophene rings is 1. The van der Waals surface area contributed by atoms with E-state index >= 15 is 0 Å². The van der Waals surface area contributed by atoms with Gasteiger partial charge in [0.2, 0.25) is 10.0 Å². The fraction of sp³-hybridized carbons (Fsp3) is 0.500. The fourth-order valence-electron chi connectivity index (χ4n) is 4.89. The topological polar surface area (TPSA) is 110 Å². The molecule has 4 rings (SSSR count).